The molecule has 2 aromatic carbocycles. The lowest BCUT2D eigenvalue weighted by atomic mass is 9.67. The second-order valence-corrected chi connectivity index (χ2v) is 9.81. The van der Waals surface area contributed by atoms with Crippen LogP contribution in [-0.2, 0) is 0 Å². The minimum absolute atomic E-state index is 0.00936. The van der Waals surface area contributed by atoms with Crippen LogP contribution >= 0.6 is 0 Å². The van der Waals surface area contributed by atoms with Crippen molar-refractivity contribution in [2.24, 2.45) is 5.92 Å². The topological polar surface area (TPSA) is 96.2 Å². The molecule has 0 unspecified atom stereocenters. The van der Waals surface area contributed by atoms with Crippen molar-refractivity contribution in [3.8, 4) is 28.7 Å². The number of ether oxygens (including phenoxy) is 2. The van der Waals surface area contributed by atoms with Gasteiger partial charge in [-0.3, -0.25) is 4.79 Å². The van der Waals surface area contributed by atoms with Crippen molar-refractivity contribution in [1.29, 1.82) is 0 Å². The van der Waals surface area contributed by atoms with Gasteiger partial charge in [-0.25, -0.2) is 0 Å². The number of rotatable bonds is 1. The number of phenolic OH excluding ortho intramolecular Hbond substituents is 3. The maximum absolute atomic E-state index is 13.4. The highest BCUT2D eigenvalue weighted by molar-refractivity contribution is 6.07. The molecule has 6 heteroatoms. The molecule has 168 valence electrons. The zero-order valence-electron chi connectivity index (χ0n) is 18.7. The molecule has 0 aromatic heterocycles. The van der Waals surface area contributed by atoms with Gasteiger partial charge in [0.1, 0.15) is 46.5 Å². The van der Waals surface area contributed by atoms with Gasteiger partial charge in [-0.1, -0.05) is 11.6 Å². The third-order valence-electron chi connectivity index (χ3n) is 7.37. The van der Waals surface area contributed by atoms with E-state index in [1.165, 1.54) is 18.6 Å². The van der Waals surface area contributed by atoms with Crippen LogP contribution in [0.1, 0.15) is 72.5 Å². The van der Waals surface area contributed by atoms with E-state index in [1.54, 1.807) is 6.07 Å². The Balaban J connectivity index is 1.61. The largest absolute Gasteiger partial charge is 0.508 e. The van der Waals surface area contributed by atoms with E-state index in [9.17, 15) is 20.1 Å². The summed E-state index contributed by atoms with van der Waals surface area (Å²) in [5.74, 6) is -0.341. The number of hydrogen-bond acceptors (Lipinski definition) is 6. The van der Waals surface area contributed by atoms with Crippen molar-refractivity contribution in [1.82, 2.24) is 0 Å². The lowest BCUT2D eigenvalue weighted by molar-refractivity contribution is 0.0113. The molecular weight excluding hydrogens is 408 g/mol. The van der Waals surface area contributed by atoms with Crippen LogP contribution in [0.3, 0.4) is 0 Å². The maximum atomic E-state index is 13.4. The Kier molecular flexibility index (Phi) is 4.49. The number of fused-ring (bicyclic) bond motifs is 4. The molecule has 2 aromatic rings. The van der Waals surface area contributed by atoms with Crippen LogP contribution in [-0.4, -0.2) is 33.3 Å². The van der Waals surface area contributed by atoms with Gasteiger partial charge in [-0.2, -0.15) is 0 Å². The summed E-state index contributed by atoms with van der Waals surface area (Å²) < 4.78 is 12.0. The van der Waals surface area contributed by atoms with E-state index >= 15 is 0 Å². The van der Waals surface area contributed by atoms with Crippen LogP contribution in [0.15, 0.2) is 29.8 Å². The Bertz CT molecular complexity index is 1180. The molecule has 3 atom stereocenters. The lowest BCUT2D eigenvalue weighted by Gasteiger charge is -2.46. The quantitative estimate of drug-likeness (QED) is 0.540. The number of ketones is 1. The van der Waals surface area contributed by atoms with Crippen molar-refractivity contribution in [2.75, 3.05) is 6.61 Å². The van der Waals surface area contributed by atoms with Crippen LogP contribution in [0.25, 0.3) is 0 Å². The van der Waals surface area contributed by atoms with Gasteiger partial charge in [0.2, 0.25) is 0 Å². The van der Waals surface area contributed by atoms with Gasteiger partial charge in [0.25, 0.3) is 0 Å². The summed E-state index contributed by atoms with van der Waals surface area (Å²) in [6.45, 7) is 7.85. The van der Waals surface area contributed by atoms with Gasteiger partial charge in [0.15, 0.2) is 5.78 Å². The SMILES string of the molecule is CC1=C[C@H]2c3cc([C@H]4COc5cc(O)c(C)c(O)c5C4=O)c(O)cc3OC(C)(C)[C@H]2CC1. The molecule has 0 amide bonds. The average molecular weight is 437 g/mol. The smallest absolute Gasteiger partial charge is 0.181 e. The number of allylic oxidation sites excluding steroid dienone is 2. The molecule has 6 nitrogen and oxygen atoms in total. The Morgan fingerprint density at radius 2 is 1.72 bits per heavy atom. The van der Waals surface area contributed by atoms with Gasteiger partial charge in [0.05, 0.1) is 5.92 Å². The zero-order chi connectivity index (χ0) is 22.9. The standard InChI is InChI=1S/C26H28O6/c1-12-5-6-18-14(7-12)16-8-15(20(28)10-21(16)32-26(18,3)4)17-11-31-22-9-19(27)13(2)24(29)23(22)25(17)30/h7-10,14,17-18,27-29H,5-6,11H2,1-4H3/t14-,17+,18-/m0/s1. The number of carbonyl (C=O) groups excluding carboxylic acids is 1. The van der Waals surface area contributed by atoms with Crippen LogP contribution in [0, 0.1) is 12.8 Å². The molecular formula is C26H28O6. The summed E-state index contributed by atoms with van der Waals surface area (Å²) in [6, 6.07) is 4.82. The number of hydrogen-bond donors (Lipinski definition) is 3. The summed E-state index contributed by atoms with van der Waals surface area (Å²) in [5.41, 5.74) is 2.65. The highest BCUT2D eigenvalue weighted by atomic mass is 16.5. The van der Waals surface area contributed by atoms with Gasteiger partial charge in [-0.05, 0) is 46.6 Å². The molecule has 0 spiro atoms. The average Bonchev–Trinajstić information content (AvgIpc) is 2.72. The van der Waals surface area contributed by atoms with Crippen molar-refractivity contribution >= 4 is 5.78 Å². The summed E-state index contributed by atoms with van der Waals surface area (Å²) in [7, 11) is 0. The third kappa shape index (κ3) is 2.96. The van der Waals surface area contributed by atoms with Crippen molar-refractivity contribution in [3.05, 3.63) is 52.1 Å². The molecule has 0 radical (unpaired) electrons. The van der Waals surface area contributed by atoms with E-state index in [1.807, 2.05) is 6.07 Å². The predicted molar refractivity (Wildman–Crippen MR) is 119 cm³/mol. The van der Waals surface area contributed by atoms with E-state index in [4.69, 9.17) is 9.47 Å². The number of aromatic hydroxyl groups is 3. The Labute approximate surface area is 187 Å². The Morgan fingerprint density at radius 1 is 1.00 bits per heavy atom. The molecule has 0 saturated heterocycles. The first-order valence-electron chi connectivity index (χ1n) is 11.0. The summed E-state index contributed by atoms with van der Waals surface area (Å²) in [4.78, 5) is 13.4. The highest BCUT2D eigenvalue weighted by Gasteiger charge is 2.45. The fourth-order valence-corrected chi connectivity index (χ4v) is 5.48. The highest BCUT2D eigenvalue weighted by Crippen LogP contribution is 2.53. The number of phenols is 3. The molecule has 3 N–H and O–H groups in total. The molecule has 5 rings (SSSR count). The summed E-state index contributed by atoms with van der Waals surface area (Å²) in [6.07, 6.45) is 4.33. The third-order valence-corrected chi connectivity index (χ3v) is 7.37. The molecule has 0 fully saturated rings. The first kappa shape index (κ1) is 20.7. The van der Waals surface area contributed by atoms with Crippen LogP contribution in [0.5, 0.6) is 28.7 Å². The fourth-order valence-electron chi connectivity index (χ4n) is 5.48. The van der Waals surface area contributed by atoms with Crippen molar-refractivity contribution in [3.63, 3.8) is 0 Å². The monoisotopic (exact) mass is 436 g/mol. The first-order valence-corrected chi connectivity index (χ1v) is 11.0. The van der Waals surface area contributed by atoms with E-state index < -0.39 is 5.92 Å². The lowest BCUT2D eigenvalue weighted by Crippen LogP contribution is -2.45. The van der Waals surface area contributed by atoms with E-state index in [2.05, 4.69) is 26.8 Å². The number of carbonyl (C=O) groups is 1. The minimum atomic E-state index is -0.773. The van der Waals surface area contributed by atoms with E-state index in [0.717, 1.165) is 18.4 Å². The summed E-state index contributed by atoms with van der Waals surface area (Å²) in [5, 5.41) is 31.3. The zero-order valence-corrected chi connectivity index (χ0v) is 18.7. The first-order chi connectivity index (χ1) is 15.1. The van der Waals surface area contributed by atoms with Crippen LogP contribution in [0.2, 0.25) is 0 Å². The van der Waals surface area contributed by atoms with Gasteiger partial charge < -0.3 is 24.8 Å². The van der Waals surface area contributed by atoms with Gasteiger partial charge in [-0.15, -0.1) is 0 Å². The van der Waals surface area contributed by atoms with Gasteiger partial charge >= 0.3 is 0 Å². The Hall–Kier alpha value is -3.15. The van der Waals surface area contributed by atoms with Crippen molar-refractivity contribution < 1.29 is 29.6 Å². The van der Waals surface area contributed by atoms with Gasteiger partial charge in [0, 0.05) is 40.7 Å². The molecule has 3 aliphatic rings. The molecule has 1 aliphatic carbocycles. The van der Waals surface area contributed by atoms with E-state index in [-0.39, 0.29) is 58.0 Å². The molecule has 0 bridgehead atoms. The predicted octanol–water partition coefficient (Wildman–Crippen LogP) is 5.08. The normalized spacial score (nSPS) is 25.6. The van der Waals surface area contributed by atoms with Crippen LogP contribution in [0.4, 0.5) is 0 Å². The fraction of sp³-hybridized carbons (Fsp3) is 0.423. The number of benzene rings is 2. The molecule has 2 aliphatic heterocycles. The van der Waals surface area contributed by atoms with E-state index in [0.29, 0.717) is 17.2 Å². The molecule has 32 heavy (non-hydrogen) atoms. The second kappa shape index (κ2) is 6.92. The molecule has 2 heterocycles. The second-order valence-electron chi connectivity index (χ2n) is 9.81. The Morgan fingerprint density at radius 3 is 2.47 bits per heavy atom. The molecule has 0 saturated carbocycles. The minimum Gasteiger partial charge on any atom is -0.508 e. The van der Waals surface area contributed by atoms with Crippen molar-refractivity contribution in [2.45, 2.75) is 58.0 Å². The maximum Gasteiger partial charge on any atom is 0.181 e. The van der Waals surface area contributed by atoms with Crippen LogP contribution < -0.4 is 9.47 Å². The number of Topliss-reactive ketones (excluding diaryl/α,β-unsaturated/α-hetero) is 1. The summed E-state index contributed by atoms with van der Waals surface area (Å²) >= 11 is 0.